The third kappa shape index (κ3) is 1.25. The van der Waals surface area contributed by atoms with Gasteiger partial charge in [0.25, 0.3) is 0 Å². The molecule has 5 heteroatoms. The van der Waals surface area contributed by atoms with Crippen LogP contribution in [-0.2, 0) is 0 Å². The van der Waals surface area contributed by atoms with Crippen LogP contribution >= 0.6 is 22.5 Å². The summed E-state index contributed by atoms with van der Waals surface area (Å²) in [5.41, 5.74) is 7.33. The molecule has 0 fully saturated rings. The number of H-pyrrole nitrogens is 1. The molecule has 62 valence electrons. The fraction of sp³-hybridized carbons (Fsp3) is 0. The van der Waals surface area contributed by atoms with Crippen LogP contribution < -0.4 is 5.73 Å². The van der Waals surface area contributed by atoms with Gasteiger partial charge < -0.3 is 10.7 Å². The quantitative estimate of drug-likeness (QED) is 0.484. The van der Waals surface area contributed by atoms with Gasteiger partial charge in [-0.2, -0.15) is 0 Å². The van der Waals surface area contributed by atoms with Crippen molar-refractivity contribution >= 4 is 39.4 Å². The fourth-order valence-electron chi connectivity index (χ4n) is 1.07. The number of rotatable bonds is 1. The van der Waals surface area contributed by atoms with Gasteiger partial charge in [0, 0.05) is 4.90 Å². The molecule has 0 aliphatic rings. The molecule has 0 unspecified atom stereocenters. The molecule has 0 aliphatic carbocycles. The minimum atomic E-state index is 0.450. The van der Waals surface area contributed by atoms with Gasteiger partial charge in [0.05, 0.1) is 11.0 Å². The number of benzene rings is 1. The number of aromatic nitrogens is 2. The molecule has 3 nitrogen and oxygen atoms in total. The second kappa shape index (κ2) is 2.91. The van der Waals surface area contributed by atoms with Crippen LogP contribution in [0.5, 0.6) is 0 Å². The van der Waals surface area contributed by atoms with Crippen LogP contribution in [-0.4, -0.2) is 9.97 Å². The number of fused-ring (bicyclic) bond motifs is 1. The molecule has 1 heterocycles. The first-order valence-corrected chi connectivity index (χ1v) is 5.23. The largest absolute Gasteiger partial charge is 0.369 e. The molecular formula is C7H7N3S2. The van der Waals surface area contributed by atoms with Gasteiger partial charge in [0.15, 0.2) is 5.95 Å². The summed E-state index contributed by atoms with van der Waals surface area (Å²) in [6, 6.07) is 5.84. The fourth-order valence-corrected chi connectivity index (χ4v) is 1.71. The highest BCUT2D eigenvalue weighted by molar-refractivity contribution is 8.68. The Labute approximate surface area is 78.6 Å². The zero-order valence-electron chi connectivity index (χ0n) is 6.11. The molecule has 2 aromatic rings. The Morgan fingerprint density at radius 3 is 3.08 bits per heavy atom. The number of anilines is 1. The van der Waals surface area contributed by atoms with Crippen LogP contribution in [0.2, 0.25) is 0 Å². The zero-order chi connectivity index (χ0) is 8.55. The number of thiol groups is 1. The maximum Gasteiger partial charge on any atom is 0.198 e. The number of aromatic amines is 1. The summed E-state index contributed by atoms with van der Waals surface area (Å²) in [6.45, 7) is 0. The van der Waals surface area contributed by atoms with Crippen molar-refractivity contribution in [3.05, 3.63) is 18.2 Å². The molecule has 2 rings (SSSR count). The van der Waals surface area contributed by atoms with E-state index in [2.05, 4.69) is 21.6 Å². The highest BCUT2D eigenvalue weighted by Crippen LogP contribution is 2.24. The molecule has 0 spiro atoms. The van der Waals surface area contributed by atoms with Crippen LogP contribution in [0, 0.1) is 0 Å². The molecule has 0 radical (unpaired) electrons. The lowest BCUT2D eigenvalue weighted by Gasteiger charge is -1.92. The number of nitrogens with one attached hydrogen (secondary N) is 1. The second-order valence-electron chi connectivity index (χ2n) is 2.39. The van der Waals surface area contributed by atoms with E-state index in [9.17, 15) is 0 Å². The monoisotopic (exact) mass is 197 g/mol. The van der Waals surface area contributed by atoms with E-state index in [4.69, 9.17) is 5.73 Å². The van der Waals surface area contributed by atoms with Crippen molar-refractivity contribution in [2.24, 2.45) is 0 Å². The van der Waals surface area contributed by atoms with E-state index in [1.54, 1.807) is 0 Å². The predicted molar refractivity (Wildman–Crippen MR) is 55.3 cm³/mol. The van der Waals surface area contributed by atoms with Gasteiger partial charge in [-0.05, 0) is 18.2 Å². The van der Waals surface area contributed by atoms with Crippen molar-refractivity contribution in [2.75, 3.05) is 5.73 Å². The number of nitrogens with two attached hydrogens (primary N) is 1. The highest BCUT2D eigenvalue weighted by atomic mass is 33.1. The third-order valence-corrected chi connectivity index (χ3v) is 2.67. The Morgan fingerprint density at radius 2 is 2.33 bits per heavy atom. The van der Waals surface area contributed by atoms with E-state index in [1.807, 2.05) is 18.2 Å². The first kappa shape index (κ1) is 7.82. The van der Waals surface area contributed by atoms with Gasteiger partial charge in [-0.3, -0.25) is 0 Å². The Bertz CT molecular complexity index is 410. The van der Waals surface area contributed by atoms with E-state index in [1.165, 1.54) is 10.8 Å². The first-order chi connectivity index (χ1) is 5.79. The minimum absolute atomic E-state index is 0.450. The standard InChI is InChI=1S/C7H7N3S2/c8-7-9-5-2-1-4(12-11)3-6(5)10-7/h1-3,11H,(H3,8,9,10). The number of imidazole rings is 1. The van der Waals surface area contributed by atoms with Crippen molar-refractivity contribution in [2.45, 2.75) is 4.90 Å². The summed E-state index contributed by atoms with van der Waals surface area (Å²) < 4.78 is 0. The Hall–Kier alpha value is -0.810. The summed E-state index contributed by atoms with van der Waals surface area (Å²) in [5.74, 6) is 0.450. The molecule has 0 bridgehead atoms. The lowest BCUT2D eigenvalue weighted by Crippen LogP contribution is -1.84. The Morgan fingerprint density at radius 1 is 1.50 bits per heavy atom. The van der Waals surface area contributed by atoms with Crippen LogP contribution in [0.3, 0.4) is 0 Å². The zero-order valence-corrected chi connectivity index (χ0v) is 7.82. The normalized spacial score (nSPS) is 10.8. The summed E-state index contributed by atoms with van der Waals surface area (Å²) in [7, 11) is 1.40. The minimum Gasteiger partial charge on any atom is -0.369 e. The number of hydrogen-bond acceptors (Lipinski definition) is 4. The number of nitrogen functional groups attached to an aromatic ring is 1. The SMILES string of the molecule is Nc1nc2ccc(SS)cc2[nH]1. The van der Waals surface area contributed by atoms with Crippen molar-refractivity contribution in [3.63, 3.8) is 0 Å². The van der Waals surface area contributed by atoms with Crippen molar-refractivity contribution in [1.29, 1.82) is 0 Å². The lowest BCUT2D eigenvalue weighted by atomic mass is 10.3. The maximum absolute atomic E-state index is 5.49. The molecule has 12 heavy (non-hydrogen) atoms. The molecule has 0 aliphatic heterocycles. The predicted octanol–water partition coefficient (Wildman–Crippen LogP) is 2.08. The molecule has 0 saturated carbocycles. The van der Waals surface area contributed by atoms with Gasteiger partial charge in [-0.15, -0.1) is 11.7 Å². The van der Waals surface area contributed by atoms with Crippen LogP contribution in [0.15, 0.2) is 23.1 Å². The third-order valence-electron chi connectivity index (χ3n) is 1.58. The average molecular weight is 197 g/mol. The summed E-state index contributed by atoms with van der Waals surface area (Å²) in [6.07, 6.45) is 0. The van der Waals surface area contributed by atoms with Gasteiger partial charge in [0.2, 0.25) is 0 Å². The lowest BCUT2D eigenvalue weighted by molar-refractivity contribution is 1.35. The Balaban J connectivity index is 2.66. The second-order valence-corrected chi connectivity index (χ2v) is 3.59. The van der Waals surface area contributed by atoms with Crippen LogP contribution in [0.25, 0.3) is 11.0 Å². The molecule has 1 aromatic heterocycles. The van der Waals surface area contributed by atoms with E-state index in [-0.39, 0.29) is 0 Å². The van der Waals surface area contributed by atoms with Gasteiger partial charge in [-0.25, -0.2) is 4.98 Å². The molecular weight excluding hydrogens is 190 g/mol. The van der Waals surface area contributed by atoms with E-state index >= 15 is 0 Å². The highest BCUT2D eigenvalue weighted by Gasteiger charge is 1.99. The van der Waals surface area contributed by atoms with E-state index < -0.39 is 0 Å². The molecule has 0 saturated heterocycles. The van der Waals surface area contributed by atoms with Gasteiger partial charge >= 0.3 is 0 Å². The van der Waals surface area contributed by atoms with Gasteiger partial charge in [0.1, 0.15) is 0 Å². The van der Waals surface area contributed by atoms with Crippen molar-refractivity contribution < 1.29 is 0 Å². The summed E-state index contributed by atoms with van der Waals surface area (Å²) in [5, 5.41) is 0. The molecule has 3 N–H and O–H groups in total. The maximum atomic E-state index is 5.49. The molecule has 0 atom stereocenters. The van der Waals surface area contributed by atoms with Crippen LogP contribution in [0.4, 0.5) is 5.95 Å². The first-order valence-electron chi connectivity index (χ1n) is 3.36. The van der Waals surface area contributed by atoms with E-state index in [0.29, 0.717) is 5.95 Å². The topological polar surface area (TPSA) is 54.7 Å². The average Bonchev–Trinajstić information content (AvgIpc) is 2.43. The summed E-state index contributed by atoms with van der Waals surface area (Å²) >= 11 is 4.09. The van der Waals surface area contributed by atoms with Crippen LogP contribution in [0.1, 0.15) is 0 Å². The Kier molecular flexibility index (Phi) is 1.90. The summed E-state index contributed by atoms with van der Waals surface area (Å²) in [4.78, 5) is 8.11. The van der Waals surface area contributed by atoms with Crippen molar-refractivity contribution in [3.8, 4) is 0 Å². The molecule has 1 aromatic carbocycles. The molecule has 0 amide bonds. The number of nitrogens with zero attached hydrogens (tertiary/aromatic N) is 1. The van der Waals surface area contributed by atoms with Crippen molar-refractivity contribution in [1.82, 2.24) is 9.97 Å². The van der Waals surface area contributed by atoms with E-state index in [0.717, 1.165) is 15.9 Å². The number of hydrogen-bond donors (Lipinski definition) is 3. The smallest absolute Gasteiger partial charge is 0.198 e. The van der Waals surface area contributed by atoms with Gasteiger partial charge in [-0.1, -0.05) is 10.8 Å².